The summed E-state index contributed by atoms with van der Waals surface area (Å²) in [7, 11) is -3.67. The van der Waals surface area contributed by atoms with Crippen LogP contribution >= 0.6 is 22.9 Å². The summed E-state index contributed by atoms with van der Waals surface area (Å²) in [6.45, 7) is 2.43. The number of thiophene rings is 1. The lowest BCUT2D eigenvalue weighted by Crippen LogP contribution is -2.32. The van der Waals surface area contributed by atoms with E-state index in [2.05, 4.69) is 0 Å². The van der Waals surface area contributed by atoms with Crippen LogP contribution < -0.4 is 0 Å². The van der Waals surface area contributed by atoms with Crippen molar-refractivity contribution in [2.75, 3.05) is 6.54 Å². The Hall–Kier alpha value is -1.60. The third kappa shape index (κ3) is 4.33. The second-order valence-electron chi connectivity index (χ2n) is 5.71. The summed E-state index contributed by atoms with van der Waals surface area (Å²) >= 11 is 7.66. The molecule has 132 valence electrons. The lowest BCUT2D eigenvalue weighted by Gasteiger charge is -2.22. The summed E-state index contributed by atoms with van der Waals surface area (Å²) in [5.74, 6) is 0. The summed E-state index contributed by atoms with van der Waals surface area (Å²) < 4.78 is 33.0. The van der Waals surface area contributed by atoms with Gasteiger partial charge >= 0.3 is 0 Å². The van der Waals surface area contributed by atoms with Gasteiger partial charge in [-0.3, -0.25) is 0 Å². The van der Waals surface area contributed by atoms with Crippen molar-refractivity contribution in [2.45, 2.75) is 24.8 Å². The van der Waals surface area contributed by atoms with Gasteiger partial charge in [-0.2, -0.15) is 4.31 Å². The van der Waals surface area contributed by atoms with Gasteiger partial charge in [0.05, 0.1) is 17.4 Å². The first-order valence-electron chi connectivity index (χ1n) is 7.76. The van der Waals surface area contributed by atoms with E-state index in [0.29, 0.717) is 23.6 Å². The van der Waals surface area contributed by atoms with E-state index >= 15 is 0 Å². The molecule has 0 saturated heterocycles. The van der Waals surface area contributed by atoms with Gasteiger partial charge in [-0.15, -0.1) is 11.3 Å². The van der Waals surface area contributed by atoms with Crippen molar-refractivity contribution in [1.29, 1.82) is 0 Å². The Balaban J connectivity index is 1.92. The lowest BCUT2D eigenvalue weighted by molar-refractivity contribution is 0.408. The maximum absolute atomic E-state index is 13.2. The van der Waals surface area contributed by atoms with E-state index in [1.807, 2.05) is 17.5 Å². The van der Waals surface area contributed by atoms with Gasteiger partial charge in [0.2, 0.25) is 10.0 Å². The average Bonchev–Trinajstić information content (AvgIpc) is 3.26. The fourth-order valence-electron chi connectivity index (χ4n) is 2.55. The van der Waals surface area contributed by atoms with Crippen LogP contribution in [0.2, 0.25) is 5.02 Å². The van der Waals surface area contributed by atoms with Crippen LogP contribution in [0.3, 0.4) is 0 Å². The van der Waals surface area contributed by atoms with Crippen molar-refractivity contribution < 1.29 is 12.8 Å². The van der Waals surface area contributed by atoms with Gasteiger partial charge in [0.25, 0.3) is 0 Å². The van der Waals surface area contributed by atoms with E-state index in [1.165, 1.54) is 10.4 Å². The molecule has 25 heavy (non-hydrogen) atoms. The fraction of sp³-hybridized carbons (Fsp3) is 0.222. The molecule has 0 radical (unpaired) electrons. The van der Waals surface area contributed by atoms with E-state index in [0.717, 1.165) is 10.4 Å². The van der Waals surface area contributed by atoms with Crippen LogP contribution in [-0.4, -0.2) is 19.3 Å². The van der Waals surface area contributed by atoms with Crippen LogP contribution in [-0.2, 0) is 23.0 Å². The average molecular weight is 396 g/mol. The number of furan rings is 1. The molecule has 0 N–H and O–H groups in total. The molecule has 3 rings (SSSR count). The van der Waals surface area contributed by atoms with Gasteiger partial charge in [-0.25, -0.2) is 8.42 Å². The van der Waals surface area contributed by atoms with Gasteiger partial charge in [0.1, 0.15) is 0 Å². The fourth-order valence-corrected chi connectivity index (χ4v) is 5.17. The zero-order valence-electron chi connectivity index (χ0n) is 13.7. The molecule has 0 aliphatic carbocycles. The number of sulfonamides is 1. The summed E-state index contributed by atoms with van der Waals surface area (Å²) in [6.07, 6.45) is 3.77. The smallest absolute Gasteiger partial charge is 0.243 e. The predicted octanol–water partition coefficient (Wildman–Crippen LogP) is 4.74. The quantitative estimate of drug-likeness (QED) is 0.580. The number of halogens is 1. The normalized spacial score (nSPS) is 12.0. The molecular weight excluding hydrogens is 378 g/mol. The largest absolute Gasteiger partial charge is 0.472 e. The third-order valence-corrected chi connectivity index (χ3v) is 7.05. The van der Waals surface area contributed by atoms with E-state index in [1.54, 1.807) is 49.0 Å². The molecule has 0 amide bonds. The molecule has 3 aromatic rings. The summed E-state index contributed by atoms with van der Waals surface area (Å²) in [6, 6.07) is 10.7. The van der Waals surface area contributed by atoms with Crippen molar-refractivity contribution >= 4 is 33.0 Å². The van der Waals surface area contributed by atoms with Crippen LogP contribution in [0.15, 0.2) is 63.6 Å². The van der Waals surface area contributed by atoms with E-state index in [4.69, 9.17) is 16.0 Å². The molecule has 0 fully saturated rings. The Labute approximate surface area is 156 Å². The van der Waals surface area contributed by atoms with Crippen LogP contribution in [0.25, 0.3) is 0 Å². The molecule has 0 atom stereocenters. The highest BCUT2D eigenvalue weighted by Gasteiger charge is 2.26. The first kappa shape index (κ1) is 18.2. The predicted molar refractivity (Wildman–Crippen MR) is 101 cm³/mol. The molecule has 7 heteroatoms. The topological polar surface area (TPSA) is 50.5 Å². The maximum atomic E-state index is 13.2. The Morgan fingerprint density at radius 1 is 1.24 bits per heavy atom. The minimum Gasteiger partial charge on any atom is -0.472 e. The van der Waals surface area contributed by atoms with Gasteiger partial charge < -0.3 is 4.42 Å². The number of aryl methyl sites for hydroxylation is 1. The standard InChI is InChI=1S/C18H18ClNO3S2/c1-14-4-5-16(19)11-18(14)25(21,22)20(12-15-7-9-23-13-15)8-6-17-3-2-10-24-17/h2-5,7,9-11,13H,6,8,12H2,1H3. The van der Waals surface area contributed by atoms with Gasteiger partial charge in [-0.1, -0.05) is 23.7 Å². The number of rotatable bonds is 7. The zero-order chi connectivity index (χ0) is 17.9. The SMILES string of the molecule is Cc1ccc(Cl)cc1S(=O)(=O)N(CCc1cccs1)Cc1ccoc1. The minimum atomic E-state index is -3.67. The number of hydrogen-bond donors (Lipinski definition) is 0. The van der Waals surface area contributed by atoms with E-state index in [9.17, 15) is 8.42 Å². The molecule has 0 saturated carbocycles. The molecule has 0 aliphatic rings. The summed E-state index contributed by atoms with van der Waals surface area (Å²) in [4.78, 5) is 1.39. The molecule has 4 nitrogen and oxygen atoms in total. The van der Waals surface area contributed by atoms with E-state index in [-0.39, 0.29) is 11.4 Å². The molecule has 2 aromatic heterocycles. The molecule has 0 spiro atoms. The molecule has 0 bridgehead atoms. The Bertz CT molecular complexity index is 919. The Morgan fingerprint density at radius 2 is 2.08 bits per heavy atom. The maximum Gasteiger partial charge on any atom is 0.243 e. The van der Waals surface area contributed by atoms with Crippen molar-refractivity contribution in [2.24, 2.45) is 0 Å². The highest BCUT2D eigenvalue weighted by atomic mass is 35.5. The van der Waals surface area contributed by atoms with Crippen LogP contribution in [0.1, 0.15) is 16.0 Å². The van der Waals surface area contributed by atoms with Crippen molar-refractivity contribution in [1.82, 2.24) is 4.31 Å². The highest BCUT2D eigenvalue weighted by molar-refractivity contribution is 7.89. The van der Waals surface area contributed by atoms with Crippen molar-refractivity contribution in [3.63, 3.8) is 0 Å². The van der Waals surface area contributed by atoms with Crippen LogP contribution in [0, 0.1) is 6.92 Å². The number of hydrogen-bond acceptors (Lipinski definition) is 4. The molecule has 0 unspecified atom stereocenters. The van der Waals surface area contributed by atoms with Crippen molar-refractivity contribution in [3.8, 4) is 0 Å². The van der Waals surface area contributed by atoms with Crippen molar-refractivity contribution in [3.05, 3.63) is 75.3 Å². The molecular formula is C18H18ClNO3S2. The van der Waals surface area contributed by atoms with E-state index < -0.39 is 10.0 Å². The van der Waals surface area contributed by atoms with Gasteiger partial charge in [0, 0.05) is 28.6 Å². The highest BCUT2D eigenvalue weighted by Crippen LogP contribution is 2.25. The molecule has 2 heterocycles. The van der Waals surface area contributed by atoms with Crippen LogP contribution in [0.5, 0.6) is 0 Å². The Morgan fingerprint density at radius 3 is 2.76 bits per heavy atom. The second kappa shape index (κ2) is 7.74. The minimum absolute atomic E-state index is 0.245. The van der Waals surface area contributed by atoms with Crippen LogP contribution in [0.4, 0.5) is 0 Å². The second-order valence-corrected chi connectivity index (χ2v) is 9.08. The number of benzene rings is 1. The number of nitrogens with zero attached hydrogens (tertiary/aromatic N) is 1. The third-order valence-electron chi connectivity index (χ3n) is 3.89. The summed E-state index contributed by atoms with van der Waals surface area (Å²) in [5.41, 5.74) is 1.49. The monoisotopic (exact) mass is 395 g/mol. The Kier molecular flexibility index (Phi) is 5.64. The zero-order valence-corrected chi connectivity index (χ0v) is 16.1. The van der Waals surface area contributed by atoms with Gasteiger partial charge in [0.15, 0.2) is 0 Å². The molecule has 1 aromatic carbocycles. The first-order chi connectivity index (χ1) is 12.0. The lowest BCUT2D eigenvalue weighted by atomic mass is 10.2. The first-order valence-corrected chi connectivity index (χ1v) is 10.5. The van der Waals surface area contributed by atoms with Gasteiger partial charge in [-0.05, 0) is 48.6 Å². The summed E-state index contributed by atoms with van der Waals surface area (Å²) in [5, 5.41) is 2.40. The molecule has 0 aliphatic heterocycles.